The zero-order valence-electron chi connectivity index (χ0n) is 14.8. The lowest BCUT2D eigenvalue weighted by Gasteiger charge is -2.15. The molecule has 0 spiro atoms. The number of ether oxygens (including phenoxy) is 3. The van der Waals surface area contributed by atoms with Crippen molar-refractivity contribution in [2.24, 2.45) is 0 Å². The van der Waals surface area contributed by atoms with Gasteiger partial charge in [0, 0.05) is 23.2 Å². The molecule has 0 bridgehead atoms. The molecule has 2 aromatic rings. The van der Waals surface area contributed by atoms with Gasteiger partial charge in [-0.25, -0.2) is 0 Å². The van der Waals surface area contributed by atoms with Crippen molar-refractivity contribution in [1.29, 1.82) is 0 Å². The molecule has 0 aliphatic rings. The molecule has 138 valence electrons. The summed E-state index contributed by atoms with van der Waals surface area (Å²) in [4.78, 5) is 0. The van der Waals surface area contributed by atoms with E-state index in [1.165, 1.54) is 5.56 Å². The highest BCUT2D eigenvalue weighted by Gasteiger charge is 2.12. The lowest BCUT2D eigenvalue weighted by molar-refractivity contribution is 0.307. The zero-order chi connectivity index (χ0) is 17.4. The maximum atomic E-state index is 6.17. The van der Waals surface area contributed by atoms with Crippen molar-refractivity contribution in [3.63, 3.8) is 0 Å². The van der Waals surface area contributed by atoms with Gasteiger partial charge in [-0.3, -0.25) is 0 Å². The number of nitrogens with one attached hydrogen (secondary N) is 1. The Kier molecular flexibility index (Phi) is 9.50. The summed E-state index contributed by atoms with van der Waals surface area (Å²) < 4.78 is 16.5. The van der Waals surface area contributed by atoms with Crippen molar-refractivity contribution in [2.75, 3.05) is 27.4 Å². The minimum atomic E-state index is 0. The van der Waals surface area contributed by atoms with Crippen molar-refractivity contribution >= 4 is 24.0 Å². The van der Waals surface area contributed by atoms with E-state index in [1.807, 2.05) is 31.2 Å². The topological polar surface area (TPSA) is 39.7 Å². The summed E-state index contributed by atoms with van der Waals surface area (Å²) in [5.74, 6) is 2.32. The number of hydrogen-bond donors (Lipinski definition) is 1. The minimum Gasteiger partial charge on any atom is -0.496 e. The van der Waals surface area contributed by atoms with E-state index in [4.69, 9.17) is 25.8 Å². The number of para-hydroxylation sites is 1. The lowest BCUT2D eigenvalue weighted by atomic mass is 10.1. The Hall–Kier alpha value is -1.62. The summed E-state index contributed by atoms with van der Waals surface area (Å²) in [6, 6.07) is 11.7. The van der Waals surface area contributed by atoms with Crippen LogP contribution in [0, 0.1) is 0 Å². The molecule has 0 radical (unpaired) electrons. The second kappa shape index (κ2) is 11.1. The molecule has 2 rings (SSSR count). The van der Waals surface area contributed by atoms with Crippen LogP contribution in [0.2, 0.25) is 5.02 Å². The van der Waals surface area contributed by atoms with Crippen LogP contribution in [-0.4, -0.2) is 27.4 Å². The molecule has 1 N–H and O–H groups in total. The lowest BCUT2D eigenvalue weighted by Crippen LogP contribution is -2.18. The van der Waals surface area contributed by atoms with Crippen molar-refractivity contribution < 1.29 is 14.2 Å². The third-order valence-electron chi connectivity index (χ3n) is 3.68. The summed E-state index contributed by atoms with van der Waals surface area (Å²) in [6.45, 7) is 4.00. The molecule has 0 atom stereocenters. The largest absolute Gasteiger partial charge is 0.496 e. The Labute approximate surface area is 160 Å². The van der Waals surface area contributed by atoms with E-state index in [9.17, 15) is 0 Å². The molecular weight excluding hydrogens is 361 g/mol. The predicted octanol–water partition coefficient (Wildman–Crippen LogP) is 4.51. The molecule has 0 aliphatic heterocycles. The van der Waals surface area contributed by atoms with Crippen LogP contribution >= 0.6 is 24.0 Å². The summed E-state index contributed by atoms with van der Waals surface area (Å²) in [7, 11) is 3.31. The average Bonchev–Trinajstić information content (AvgIpc) is 2.60. The first kappa shape index (κ1) is 21.4. The highest BCUT2D eigenvalue weighted by molar-refractivity contribution is 6.30. The highest BCUT2D eigenvalue weighted by Crippen LogP contribution is 2.34. The Balaban J connectivity index is 0.00000312. The van der Waals surface area contributed by atoms with E-state index in [2.05, 4.69) is 11.4 Å². The molecule has 2 aromatic carbocycles. The molecule has 0 heterocycles. The van der Waals surface area contributed by atoms with Crippen molar-refractivity contribution in [1.82, 2.24) is 5.32 Å². The van der Waals surface area contributed by atoms with Crippen molar-refractivity contribution in [2.45, 2.75) is 19.9 Å². The number of hydrogen-bond acceptors (Lipinski definition) is 4. The van der Waals surface area contributed by atoms with E-state index in [0.717, 1.165) is 30.0 Å². The van der Waals surface area contributed by atoms with E-state index >= 15 is 0 Å². The number of rotatable bonds is 9. The summed E-state index contributed by atoms with van der Waals surface area (Å²) >= 11 is 6.17. The van der Waals surface area contributed by atoms with E-state index in [1.54, 1.807) is 20.3 Å². The molecule has 0 aromatic heterocycles. The van der Waals surface area contributed by atoms with Gasteiger partial charge in [0.15, 0.2) is 11.5 Å². The van der Waals surface area contributed by atoms with Gasteiger partial charge < -0.3 is 19.5 Å². The smallest absolute Gasteiger partial charge is 0.165 e. The fraction of sp³-hybridized carbons (Fsp3) is 0.368. The maximum Gasteiger partial charge on any atom is 0.165 e. The third kappa shape index (κ3) is 5.99. The van der Waals surface area contributed by atoms with Crippen molar-refractivity contribution in [3.8, 4) is 17.2 Å². The minimum absolute atomic E-state index is 0. The zero-order valence-corrected chi connectivity index (χ0v) is 16.4. The van der Waals surface area contributed by atoms with Gasteiger partial charge in [0.1, 0.15) is 5.75 Å². The second-order valence-corrected chi connectivity index (χ2v) is 5.70. The maximum absolute atomic E-state index is 6.17. The average molecular weight is 386 g/mol. The normalized spacial score (nSPS) is 10.1. The molecule has 0 fully saturated rings. The summed E-state index contributed by atoms with van der Waals surface area (Å²) in [5.41, 5.74) is 2.17. The van der Waals surface area contributed by atoms with Crippen LogP contribution in [0.25, 0.3) is 0 Å². The van der Waals surface area contributed by atoms with Gasteiger partial charge in [0.2, 0.25) is 0 Å². The van der Waals surface area contributed by atoms with E-state index in [-0.39, 0.29) is 12.4 Å². The van der Waals surface area contributed by atoms with Gasteiger partial charge in [-0.05, 0) is 37.6 Å². The van der Waals surface area contributed by atoms with E-state index in [0.29, 0.717) is 23.9 Å². The monoisotopic (exact) mass is 385 g/mol. The fourth-order valence-corrected chi connectivity index (χ4v) is 2.80. The van der Waals surface area contributed by atoms with Gasteiger partial charge in [-0.15, -0.1) is 12.4 Å². The first-order valence-corrected chi connectivity index (χ1v) is 8.39. The quantitative estimate of drug-likeness (QED) is 0.644. The molecule has 6 heteroatoms. The Morgan fingerprint density at radius 1 is 1.00 bits per heavy atom. The molecule has 25 heavy (non-hydrogen) atoms. The van der Waals surface area contributed by atoms with E-state index < -0.39 is 0 Å². The van der Waals surface area contributed by atoms with Crippen LogP contribution in [0.3, 0.4) is 0 Å². The van der Waals surface area contributed by atoms with Crippen LogP contribution < -0.4 is 19.5 Å². The first-order valence-electron chi connectivity index (χ1n) is 8.01. The second-order valence-electron chi connectivity index (χ2n) is 5.27. The molecule has 0 aliphatic carbocycles. The Morgan fingerprint density at radius 3 is 2.40 bits per heavy atom. The molecule has 0 amide bonds. The molecular formula is C19H25Cl2NO3. The number of halogens is 2. The van der Waals surface area contributed by atoms with Crippen LogP contribution in [0.4, 0.5) is 0 Å². The Morgan fingerprint density at radius 2 is 1.72 bits per heavy atom. The predicted molar refractivity (Wildman–Crippen MR) is 105 cm³/mol. The Bertz CT molecular complexity index is 665. The van der Waals surface area contributed by atoms with Gasteiger partial charge >= 0.3 is 0 Å². The van der Waals surface area contributed by atoms with Crippen LogP contribution in [-0.2, 0) is 13.0 Å². The summed E-state index contributed by atoms with van der Waals surface area (Å²) in [5, 5.41) is 4.07. The third-order valence-corrected chi connectivity index (χ3v) is 3.90. The standard InChI is InChI=1S/C19H24ClNO3.ClH/c1-4-24-19-15(11-16(20)12-18(19)23-3)13-21-10-9-14-7-5-6-8-17(14)22-2;/h5-8,11-12,21H,4,9-10,13H2,1-3H3;1H. The SMILES string of the molecule is CCOc1c(CNCCc2ccccc2OC)cc(Cl)cc1OC.Cl. The van der Waals surface area contributed by atoms with Gasteiger partial charge in [0.05, 0.1) is 20.8 Å². The number of methoxy groups -OCH3 is 2. The molecule has 4 nitrogen and oxygen atoms in total. The van der Waals surface area contributed by atoms with Gasteiger partial charge in [-0.1, -0.05) is 29.8 Å². The van der Waals surface area contributed by atoms with Gasteiger partial charge in [-0.2, -0.15) is 0 Å². The molecule has 0 saturated heterocycles. The first-order chi connectivity index (χ1) is 11.7. The van der Waals surface area contributed by atoms with Gasteiger partial charge in [0.25, 0.3) is 0 Å². The number of benzene rings is 2. The highest BCUT2D eigenvalue weighted by atomic mass is 35.5. The van der Waals surface area contributed by atoms with Crippen molar-refractivity contribution in [3.05, 3.63) is 52.5 Å². The summed E-state index contributed by atoms with van der Waals surface area (Å²) in [6.07, 6.45) is 0.881. The molecule has 0 saturated carbocycles. The van der Waals surface area contributed by atoms with Crippen LogP contribution in [0.1, 0.15) is 18.1 Å². The molecule has 0 unspecified atom stereocenters. The van der Waals surface area contributed by atoms with Crippen LogP contribution in [0.5, 0.6) is 17.2 Å². The fourth-order valence-electron chi connectivity index (χ4n) is 2.57. The van der Waals surface area contributed by atoms with Crippen LogP contribution in [0.15, 0.2) is 36.4 Å².